The van der Waals surface area contributed by atoms with E-state index < -0.39 is 52.4 Å². The molecule has 2 N–H and O–H groups in total. The third-order valence-electron chi connectivity index (χ3n) is 7.17. The van der Waals surface area contributed by atoms with Gasteiger partial charge in [-0.3, -0.25) is 4.98 Å². The molecule has 216 valence electrons. The van der Waals surface area contributed by atoms with Crippen LogP contribution < -0.4 is 9.47 Å². The van der Waals surface area contributed by atoms with Gasteiger partial charge in [0.15, 0.2) is 11.8 Å². The molecule has 5 heterocycles. The van der Waals surface area contributed by atoms with E-state index in [1.165, 1.54) is 12.3 Å². The average molecular weight is 601 g/mol. The number of rotatable bonds is 7. The molecule has 3 aliphatic rings. The molecule has 0 aliphatic carbocycles. The molecule has 0 saturated carbocycles. The first-order chi connectivity index (χ1) is 19.2. The number of hydrogen-bond donors (Lipinski definition) is 2. The average Bonchev–Trinajstić information content (AvgIpc) is 3.60. The number of aromatic nitrogens is 3. The van der Waals surface area contributed by atoms with E-state index in [9.17, 15) is 18.1 Å². The number of H-pyrrole nitrogens is 1. The second-order valence-electron chi connectivity index (χ2n) is 9.95. The summed E-state index contributed by atoms with van der Waals surface area (Å²) in [6, 6.07) is 3.69. The van der Waals surface area contributed by atoms with Crippen LogP contribution >= 0.6 is 11.6 Å². The zero-order valence-corrected chi connectivity index (χ0v) is 22.9. The van der Waals surface area contributed by atoms with Crippen LogP contribution in [-0.4, -0.2) is 86.6 Å². The molecule has 40 heavy (non-hydrogen) atoms. The Morgan fingerprint density at radius 1 is 1.15 bits per heavy atom. The monoisotopic (exact) mass is 600 g/mol. The fourth-order valence-electron chi connectivity index (χ4n) is 5.04. The van der Waals surface area contributed by atoms with E-state index in [4.69, 9.17) is 35.3 Å². The van der Waals surface area contributed by atoms with Crippen LogP contribution in [0.3, 0.4) is 0 Å². The third-order valence-corrected chi connectivity index (χ3v) is 9.72. The standard InChI is InChI=1S/C25H27ClF2N4O7S/c1-40(34,13-2-4-35-5-3-13)32-12-6-16(27)14(17(28)7-12)9-38-24-15(26)8-18-23(30-24)31-25(29-18)39-20-11-37-21-19(33)10-36-22(20)21/h6-8,13,19-22,33H,2-5,9-11H2,1H3,(H,29,30,31)/t19-,20-,21-,22?,40?/m1/s1. The normalized spacial score (nSPS) is 26.5. The van der Waals surface area contributed by atoms with Crippen molar-refractivity contribution in [3.63, 3.8) is 0 Å². The lowest BCUT2D eigenvalue weighted by Crippen LogP contribution is -2.34. The van der Waals surface area contributed by atoms with Crippen LogP contribution in [0.25, 0.3) is 11.2 Å². The van der Waals surface area contributed by atoms with Crippen LogP contribution in [0.5, 0.6) is 11.9 Å². The van der Waals surface area contributed by atoms with Crippen molar-refractivity contribution in [2.45, 2.75) is 49.1 Å². The van der Waals surface area contributed by atoms with Gasteiger partial charge in [-0.2, -0.15) is 14.3 Å². The number of ether oxygens (including phenoxy) is 5. The van der Waals surface area contributed by atoms with Crippen molar-refractivity contribution in [1.82, 2.24) is 15.0 Å². The minimum absolute atomic E-state index is 0.0446. The molecule has 6 rings (SSSR count). The van der Waals surface area contributed by atoms with Crippen LogP contribution in [-0.2, 0) is 30.5 Å². The maximum Gasteiger partial charge on any atom is 0.296 e. The maximum absolute atomic E-state index is 14.9. The Labute approximate surface area is 233 Å². The lowest BCUT2D eigenvalue weighted by atomic mass is 10.1. The number of imidazole rings is 1. The van der Waals surface area contributed by atoms with Gasteiger partial charge in [-0.05, 0) is 18.9 Å². The minimum atomic E-state index is -2.72. The molecule has 3 fully saturated rings. The van der Waals surface area contributed by atoms with Crippen LogP contribution in [0.15, 0.2) is 22.6 Å². The lowest BCUT2D eigenvalue weighted by molar-refractivity contribution is 0.00706. The third kappa shape index (κ3) is 5.48. The second-order valence-corrected chi connectivity index (χ2v) is 12.9. The number of aromatic amines is 1. The van der Waals surface area contributed by atoms with E-state index in [0.29, 0.717) is 31.6 Å². The summed E-state index contributed by atoms with van der Waals surface area (Å²) >= 11 is 6.30. The Kier molecular flexibility index (Phi) is 7.57. The quantitative estimate of drug-likeness (QED) is 0.418. The van der Waals surface area contributed by atoms with E-state index >= 15 is 0 Å². The first-order valence-corrected chi connectivity index (χ1v) is 15.1. The summed E-state index contributed by atoms with van der Waals surface area (Å²) < 4.78 is 74.8. The van der Waals surface area contributed by atoms with Crippen molar-refractivity contribution in [1.29, 1.82) is 0 Å². The van der Waals surface area contributed by atoms with Crippen molar-refractivity contribution >= 4 is 38.2 Å². The number of hydrogen-bond acceptors (Lipinski definition) is 10. The summed E-state index contributed by atoms with van der Waals surface area (Å²) in [4.78, 5) is 11.5. The largest absolute Gasteiger partial charge is 0.471 e. The van der Waals surface area contributed by atoms with Gasteiger partial charge in [0.1, 0.15) is 47.1 Å². The zero-order valence-electron chi connectivity index (χ0n) is 21.3. The Bertz CT molecular complexity index is 1520. The fourth-order valence-corrected chi connectivity index (χ4v) is 6.98. The maximum atomic E-state index is 14.9. The summed E-state index contributed by atoms with van der Waals surface area (Å²) in [6.45, 7) is 0.851. The van der Waals surface area contributed by atoms with Crippen molar-refractivity contribution in [2.24, 2.45) is 4.36 Å². The number of pyridine rings is 1. The van der Waals surface area contributed by atoms with Gasteiger partial charge in [0, 0.05) is 36.9 Å². The van der Waals surface area contributed by atoms with E-state index in [2.05, 4.69) is 19.3 Å². The number of benzene rings is 1. The summed E-state index contributed by atoms with van der Waals surface area (Å²) in [5.41, 5.74) is 0.259. The minimum Gasteiger partial charge on any atom is -0.471 e. The molecule has 3 aromatic rings. The molecule has 3 saturated heterocycles. The number of halogens is 3. The summed E-state index contributed by atoms with van der Waals surface area (Å²) in [5.74, 6) is -1.86. The van der Waals surface area contributed by atoms with Gasteiger partial charge in [0.2, 0.25) is 5.88 Å². The molecular weight excluding hydrogens is 574 g/mol. The van der Waals surface area contributed by atoms with Crippen molar-refractivity contribution in [3.05, 3.63) is 40.4 Å². The van der Waals surface area contributed by atoms with Gasteiger partial charge in [-0.1, -0.05) is 11.6 Å². The van der Waals surface area contributed by atoms with Crippen LogP contribution in [0, 0.1) is 11.6 Å². The van der Waals surface area contributed by atoms with Crippen molar-refractivity contribution in [2.75, 3.05) is 32.7 Å². The molecule has 0 spiro atoms. The highest BCUT2D eigenvalue weighted by atomic mass is 35.5. The Balaban J connectivity index is 1.16. The predicted octanol–water partition coefficient (Wildman–Crippen LogP) is 3.28. The van der Waals surface area contributed by atoms with Gasteiger partial charge in [0.05, 0.1) is 34.2 Å². The van der Waals surface area contributed by atoms with Crippen molar-refractivity contribution in [3.8, 4) is 11.9 Å². The van der Waals surface area contributed by atoms with E-state index in [1.807, 2.05) is 0 Å². The SMILES string of the molecule is CS(=O)(=Nc1cc(F)c(COc2nc3[nH]c(O[C@@H]4CO[C@H]5C4OC[C@H]5O)nc3cc2Cl)c(F)c1)C1CCOCC1. The number of aliphatic hydroxyl groups excluding tert-OH is 1. The molecule has 3 aliphatic heterocycles. The van der Waals surface area contributed by atoms with Gasteiger partial charge in [-0.15, -0.1) is 0 Å². The number of fused-ring (bicyclic) bond motifs is 2. The number of nitrogens with one attached hydrogen (secondary N) is 1. The Hall–Kier alpha value is -2.62. The van der Waals surface area contributed by atoms with Crippen LogP contribution in [0.4, 0.5) is 14.5 Å². The number of nitrogens with zero attached hydrogens (tertiary/aromatic N) is 3. The highest BCUT2D eigenvalue weighted by Gasteiger charge is 2.48. The van der Waals surface area contributed by atoms with Gasteiger partial charge in [-0.25, -0.2) is 13.0 Å². The Morgan fingerprint density at radius 2 is 1.88 bits per heavy atom. The summed E-state index contributed by atoms with van der Waals surface area (Å²) in [7, 11) is -2.72. The summed E-state index contributed by atoms with van der Waals surface area (Å²) in [6.07, 6.45) is 0.582. The first-order valence-electron chi connectivity index (χ1n) is 12.7. The van der Waals surface area contributed by atoms with Gasteiger partial charge < -0.3 is 28.8 Å². The van der Waals surface area contributed by atoms with E-state index in [1.54, 1.807) is 0 Å². The van der Waals surface area contributed by atoms with E-state index in [0.717, 1.165) is 12.1 Å². The molecule has 0 radical (unpaired) electrons. The fraction of sp³-hybridized carbons (Fsp3) is 0.520. The van der Waals surface area contributed by atoms with Crippen molar-refractivity contribution < 1.29 is 41.8 Å². The molecule has 15 heteroatoms. The van der Waals surface area contributed by atoms with E-state index in [-0.39, 0.29) is 52.3 Å². The van der Waals surface area contributed by atoms with Gasteiger partial charge >= 0.3 is 0 Å². The predicted molar refractivity (Wildman–Crippen MR) is 139 cm³/mol. The molecule has 5 atom stereocenters. The lowest BCUT2D eigenvalue weighted by Gasteiger charge is -2.23. The molecule has 11 nitrogen and oxygen atoms in total. The molecule has 2 aromatic heterocycles. The smallest absolute Gasteiger partial charge is 0.296 e. The second kappa shape index (κ2) is 11.0. The number of aliphatic hydroxyl groups is 1. The zero-order chi connectivity index (χ0) is 28.0. The van der Waals surface area contributed by atoms with Crippen LogP contribution in [0.2, 0.25) is 5.02 Å². The topological polar surface area (TPSA) is 137 Å². The molecule has 0 amide bonds. The molecule has 0 bridgehead atoms. The molecular formula is C25H27ClF2N4O7S. The highest BCUT2D eigenvalue weighted by Crippen LogP contribution is 2.32. The van der Waals surface area contributed by atoms with Crippen LogP contribution in [0.1, 0.15) is 18.4 Å². The van der Waals surface area contributed by atoms with Gasteiger partial charge in [0.25, 0.3) is 6.01 Å². The summed E-state index contributed by atoms with van der Waals surface area (Å²) in [5, 5.41) is 9.77. The molecule has 1 aromatic carbocycles. The Morgan fingerprint density at radius 3 is 2.62 bits per heavy atom. The molecule has 2 unspecified atom stereocenters. The highest BCUT2D eigenvalue weighted by molar-refractivity contribution is 7.93. The first kappa shape index (κ1) is 27.5.